The summed E-state index contributed by atoms with van der Waals surface area (Å²) in [5, 5.41) is 8.84. The number of nitrogens with zero attached hydrogens (tertiary/aromatic N) is 1. The molecule has 0 aliphatic rings. The van der Waals surface area contributed by atoms with Crippen LogP contribution in [-0.4, -0.2) is 15.1 Å². The summed E-state index contributed by atoms with van der Waals surface area (Å²) in [4.78, 5) is 6.91. The molecule has 0 atom stereocenters. The van der Waals surface area contributed by atoms with E-state index in [0.717, 1.165) is 0 Å². The molecule has 0 unspecified atom stereocenters. The monoisotopic (exact) mass is 224 g/mol. The molecule has 0 saturated carbocycles. The van der Waals surface area contributed by atoms with Crippen molar-refractivity contribution in [2.24, 2.45) is 0 Å². The number of alkyl halides is 2. The second-order valence-electron chi connectivity index (χ2n) is 3.34. The van der Waals surface area contributed by atoms with Gasteiger partial charge in [-0.05, 0) is 0 Å². The average molecular weight is 224 g/mol. The van der Waals surface area contributed by atoms with Crippen LogP contribution in [0.25, 0.3) is 11.4 Å². The number of imidazole rings is 1. The van der Waals surface area contributed by atoms with Crippen molar-refractivity contribution in [1.29, 1.82) is 0 Å². The van der Waals surface area contributed by atoms with Crippen molar-refractivity contribution < 1.29 is 13.9 Å². The SMILES string of the molecule is OCc1cnc(-c2ccc(C(F)F)cc2)[nH]1. The lowest BCUT2D eigenvalue weighted by atomic mass is 10.1. The van der Waals surface area contributed by atoms with Crippen molar-refractivity contribution in [1.82, 2.24) is 9.97 Å². The molecule has 16 heavy (non-hydrogen) atoms. The van der Waals surface area contributed by atoms with Gasteiger partial charge in [0, 0.05) is 11.1 Å². The molecule has 0 aliphatic heterocycles. The van der Waals surface area contributed by atoms with E-state index in [-0.39, 0.29) is 12.2 Å². The average Bonchev–Trinajstić information content (AvgIpc) is 2.77. The van der Waals surface area contributed by atoms with Gasteiger partial charge in [0.2, 0.25) is 0 Å². The summed E-state index contributed by atoms with van der Waals surface area (Å²) in [6, 6.07) is 5.87. The van der Waals surface area contributed by atoms with Crippen LogP contribution >= 0.6 is 0 Å². The van der Waals surface area contributed by atoms with Gasteiger partial charge in [-0.1, -0.05) is 24.3 Å². The van der Waals surface area contributed by atoms with Gasteiger partial charge >= 0.3 is 0 Å². The normalized spacial score (nSPS) is 11.0. The van der Waals surface area contributed by atoms with Crippen molar-refractivity contribution >= 4 is 0 Å². The molecule has 2 N–H and O–H groups in total. The number of aliphatic hydroxyl groups is 1. The molecule has 0 fully saturated rings. The quantitative estimate of drug-likeness (QED) is 0.841. The van der Waals surface area contributed by atoms with E-state index >= 15 is 0 Å². The molecule has 0 saturated heterocycles. The fourth-order valence-electron chi connectivity index (χ4n) is 1.37. The zero-order chi connectivity index (χ0) is 11.5. The molecule has 0 spiro atoms. The Kier molecular flexibility index (Phi) is 2.96. The lowest BCUT2D eigenvalue weighted by Crippen LogP contribution is -1.86. The number of rotatable bonds is 3. The van der Waals surface area contributed by atoms with Crippen LogP contribution in [0.4, 0.5) is 8.78 Å². The minimum atomic E-state index is -2.46. The highest BCUT2D eigenvalue weighted by Gasteiger charge is 2.07. The van der Waals surface area contributed by atoms with Gasteiger partial charge in [-0.25, -0.2) is 13.8 Å². The highest BCUT2D eigenvalue weighted by atomic mass is 19.3. The molecule has 0 radical (unpaired) electrons. The van der Waals surface area contributed by atoms with Crippen LogP contribution in [0.15, 0.2) is 30.5 Å². The molecule has 1 aromatic heterocycles. The van der Waals surface area contributed by atoms with Crippen LogP contribution in [0, 0.1) is 0 Å². The van der Waals surface area contributed by atoms with E-state index in [1.165, 1.54) is 18.3 Å². The third-order valence-electron chi connectivity index (χ3n) is 2.23. The van der Waals surface area contributed by atoms with Crippen molar-refractivity contribution in [3.8, 4) is 11.4 Å². The van der Waals surface area contributed by atoms with Crippen molar-refractivity contribution in [3.63, 3.8) is 0 Å². The number of hydrogen-bond donors (Lipinski definition) is 2. The van der Waals surface area contributed by atoms with Gasteiger partial charge in [0.15, 0.2) is 0 Å². The predicted octanol–water partition coefficient (Wildman–Crippen LogP) is 2.51. The molecule has 1 aromatic carbocycles. The minimum absolute atomic E-state index is 0.0160. The van der Waals surface area contributed by atoms with E-state index in [1.807, 2.05) is 0 Å². The first-order valence-corrected chi connectivity index (χ1v) is 4.74. The van der Waals surface area contributed by atoms with E-state index in [2.05, 4.69) is 9.97 Å². The summed E-state index contributed by atoms with van der Waals surface area (Å²) in [5.74, 6) is 0.560. The Morgan fingerprint density at radius 3 is 2.44 bits per heavy atom. The first-order chi connectivity index (χ1) is 7.70. The molecule has 2 aromatic rings. The Morgan fingerprint density at radius 2 is 1.94 bits per heavy atom. The number of halogens is 2. The number of aromatic amines is 1. The van der Waals surface area contributed by atoms with Gasteiger partial charge in [-0.2, -0.15) is 0 Å². The Labute approximate surface area is 90.8 Å². The molecule has 0 amide bonds. The maximum absolute atomic E-state index is 12.3. The zero-order valence-corrected chi connectivity index (χ0v) is 8.32. The van der Waals surface area contributed by atoms with E-state index in [1.54, 1.807) is 12.1 Å². The van der Waals surface area contributed by atoms with E-state index < -0.39 is 6.43 Å². The number of aromatic nitrogens is 2. The maximum Gasteiger partial charge on any atom is 0.263 e. The first-order valence-electron chi connectivity index (χ1n) is 4.74. The Hall–Kier alpha value is -1.75. The second kappa shape index (κ2) is 4.40. The Bertz CT molecular complexity index is 465. The fourth-order valence-corrected chi connectivity index (χ4v) is 1.37. The van der Waals surface area contributed by atoms with Crippen molar-refractivity contribution in [2.75, 3.05) is 0 Å². The number of nitrogens with one attached hydrogen (secondary N) is 1. The smallest absolute Gasteiger partial charge is 0.263 e. The van der Waals surface area contributed by atoms with E-state index in [0.29, 0.717) is 17.1 Å². The first kappa shape index (κ1) is 10.8. The summed E-state index contributed by atoms with van der Waals surface area (Å²) >= 11 is 0. The van der Waals surface area contributed by atoms with E-state index in [9.17, 15) is 8.78 Å². The van der Waals surface area contributed by atoms with Gasteiger partial charge in [0.25, 0.3) is 6.43 Å². The summed E-state index contributed by atoms with van der Waals surface area (Å²) in [6.45, 7) is -0.123. The number of aliphatic hydroxyl groups excluding tert-OH is 1. The highest BCUT2D eigenvalue weighted by molar-refractivity contribution is 5.55. The topological polar surface area (TPSA) is 48.9 Å². The predicted molar refractivity (Wildman–Crippen MR) is 54.9 cm³/mol. The van der Waals surface area contributed by atoms with Gasteiger partial charge < -0.3 is 10.1 Å². The van der Waals surface area contributed by atoms with Crippen molar-refractivity contribution in [2.45, 2.75) is 13.0 Å². The number of hydrogen-bond acceptors (Lipinski definition) is 2. The summed E-state index contributed by atoms with van der Waals surface area (Å²) in [6.07, 6.45) is -0.949. The molecule has 2 rings (SSSR count). The molecule has 84 valence electrons. The summed E-state index contributed by atoms with van der Waals surface area (Å²) < 4.78 is 24.6. The van der Waals surface area contributed by atoms with E-state index in [4.69, 9.17) is 5.11 Å². The molecule has 0 bridgehead atoms. The summed E-state index contributed by atoms with van der Waals surface area (Å²) in [7, 11) is 0. The van der Waals surface area contributed by atoms with Crippen LogP contribution in [0.2, 0.25) is 0 Å². The highest BCUT2D eigenvalue weighted by Crippen LogP contribution is 2.22. The third-order valence-corrected chi connectivity index (χ3v) is 2.23. The van der Waals surface area contributed by atoms with Crippen molar-refractivity contribution in [3.05, 3.63) is 41.7 Å². The Balaban J connectivity index is 2.27. The zero-order valence-electron chi connectivity index (χ0n) is 8.32. The maximum atomic E-state index is 12.3. The van der Waals surface area contributed by atoms with Crippen LogP contribution in [0.5, 0.6) is 0 Å². The standard InChI is InChI=1S/C11H10F2N2O/c12-10(13)7-1-3-8(4-2-7)11-14-5-9(6-16)15-11/h1-5,10,16H,6H2,(H,14,15). The largest absolute Gasteiger partial charge is 0.390 e. The molecular formula is C11H10F2N2O. The van der Waals surface area contributed by atoms with Crippen LogP contribution in [0.3, 0.4) is 0 Å². The molecule has 5 heteroatoms. The molecular weight excluding hydrogens is 214 g/mol. The third kappa shape index (κ3) is 2.09. The van der Waals surface area contributed by atoms with Gasteiger partial charge in [0.1, 0.15) is 5.82 Å². The lowest BCUT2D eigenvalue weighted by Gasteiger charge is -2.00. The second-order valence-corrected chi connectivity index (χ2v) is 3.34. The van der Waals surface area contributed by atoms with Gasteiger partial charge in [-0.15, -0.1) is 0 Å². The van der Waals surface area contributed by atoms with Gasteiger partial charge in [0.05, 0.1) is 18.5 Å². The van der Waals surface area contributed by atoms with Crippen LogP contribution in [0.1, 0.15) is 17.7 Å². The summed E-state index contributed by atoms with van der Waals surface area (Å²) in [5.41, 5.74) is 1.29. The molecule has 0 aliphatic carbocycles. The molecule has 1 heterocycles. The lowest BCUT2D eigenvalue weighted by molar-refractivity contribution is 0.151. The molecule has 3 nitrogen and oxygen atoms in total. The number of benzene rings is 1. The number of H-pyrrole nitrogens is 1. The Morgan fingerprint density at radius 1 is 1.25 bits per heavy atom. The fraction of sp³-hybridized carbons (Fsp3) is 0.182. The van der Waals surface area contributed by atoms with Crippen LogP contribution < -0.4 is 0 Å². The van der Waals surface area contributed by atoms with Gasteiger partial charge in [-0.3, -0.25) is 0 Å². The van der Waals surface area contributed by atoms with Crippen LogP contribution in [-0.2, 0) is 6.61 Å². The minimum Gasteiger partial charge on any atom is -0.390 e.